The largest absolute Gasteiger partial charge is 0.508 e. The molecule has 0 atom stereocenters. The van der Waals surface area contributed by atoms with Crippen molar-refractivity contribution in [2.45, 2.75) is 19.8 Å². The van der Waals surface area contributed by atoms with E-state index in [-0.39, 0.29) is 28.8 Å². The van der Waals surface area contributed by atoms with E-state index in [9.17, 15) is 20.1 Å². The number of carbonyl (C=O) groups is 1. The molecule has 2 aromatic carbocycles. The van der Waals surface area contributed by atoms with Gasteiger partial charge in [0.25, 0.3) is 0 Å². The number of rotatable bonds is 5. The lowest BCUT2D eigenvalue weighted by atomic mass is 9.94. The van der Waals surface area contributed by atoms with Gasteiger partial charge in [-0.05, 0) is 61.0 Å². The number of nitrogens with zero attached hydrogens (tertiary/aromatic N) is 1. The summed E-state index contributed by atoms with van der Waals surface area (Å²) in [7, 11) is 0. The Labute approximate surface area is 156 Å². The number of hydrogen-bond donors (Lipinski definition) is 4. The number of ketones is 1. The molecule has 0 radical (unpaired) electrons. The van der Waals surface area contributed by atoms with E-state index >= 15 is 0 Å². The standard InChI is InChI=1S/C21H20N2O4/c1-2-3-17-20(26)18(22-13-4-8-15(24)9-5-13)12-19(21(17)27)23-14-6-10-16(25)11-7-14/h4-12,22,24-25,27H,2-3H2,1H3/b23-19-. The number of phenols is 2. The predicted molar refractivity (Wildman–Crippen MR) is 105 cm³/mol. The summed E-state index contributed by atoms with van der Waals surface area (Å²) in [5.41, 5.74) is 2.04. The predicted octanol–water partition coefficient (Wildman–Crippen LogP) is 4.36. The van der Waals surface area contributed by atoms with Crippen molar-refractivity contribution >= 4 is 22.9 Å². The summed E-state index contributed by atoms with van der Waals surface area (Å²) in [6.07, 6.45) is 2.62. The van der Waals surface area contributed by atoms with E-state index in [0.29, 0.717) is 35.5 Å². The molecule has 0 fully saturated rings. The fourth-order valence-electron chi connectivity index (χ4n) is 2.72. The van der Waals surface area contributed by atoms with Crippen LogP contribution in [0, 0.1) is 0 Å². The number of aliphatic hydroxyl groups excluding tert-OH is 1. The Hall–Kier alpha value is -3.54. The number of hydrogen-bond acceptors (Lipinski definition) is 6. The first-order valence-corrected chi connectivity index (χ1v) is 8.60. The highest BCUT2D eigenvalue weighted by atomic mass is 16.3. The first kappa shape index (κ1) is 18.3. The highest BCUT2D eigenvalue weighted by Gasteiger charge is 2.27. The molecule has 6 heteroatoms. The molecule has 0 heterocycles. The van der Waals surface area contributed by atoms with Gasteiger partial charge in [0.15, 0.2) is 0 Å². The van der Waals surface area contributed by atoms with Gasteiger partial charge < -0.3 is 20.6 Å². The maximum Gasteiger partial charge on any atom is 0.209 e. The van der Waals surface area contributed by atoms with E-state index in [1.807, 2.05) is 6.92 Å². The van der Waals surface area contributed by atoms with E-state index in [4.69, 9.17) is 0 Å². The molecular formula is C21H20N2O4. The summed E-state index contributed by atoms with van der Waals surface area (Å²) in [4.78, 5) is 17.2. The maximum absolute atomic E-state index is 12.8. The van der Waals surface area contributed by atoms with Crippen molar-refractivity contribution < 1.29 is 20.1 Å². The monoisotopic (exact) mass is 364 g/mol. The molecule has 0 saturated heterocycles. The van der Waals surface area contributed by atoms with Crippen molar-refractivity contribution in [1.82, 2.24) is 0 Å². The molecule has 1 aliphatic carbocycles. The number of carbonyl (C=O) groups excluding carboxylic acids is 1. The maximum atomic E-state index is 12.8. The van der Waals surface area contributed by atoms with Crippen molar-refractivity contribution in [2.24, 2.45) is 4.99 Å². The molecule has 2 aromatic rings. The Morgan fingerprint density at radius 3 is 2.11 bits per heavy atom. The summed E-state index contributed by atoms with van der Waals surface area (Å²) in [5.74, 6) is -0.170. The molecule has 4 N–H and O–H groups in total. The van der Waals surface area contributed by atoms with Gasteiger partial charge in [-0.2, -0.15) is 0 Å². The zero-order chi connectivity index (χ0) is 19.4. The highest BCUT2D eigenvalue weighted by Crippen LogP contribution is 2.27. The van der Waals surface area contributed by atoms with Crippen LogP contribution >= 0.6 is 0 Å². The average Bonchev–Trinajstić information content (AvgIpc) is 2.66. The Balaban J connectivity index is 2.00. The molecule has 0 unspecified atom stereocenters. The molecule has 0 saturated carbocycles. The number of Topliss-reactive ketones (excluding diaryl/α,β-unsaturated/α-hetero) is 1. The number of allylic oxidation sites excluding steroid dienone is 2. The minimum atomic E-state index is -0.285. The van der Waals surface area contributed by atoms with Crippen molar-refractivity contribution in [2.75, 3.05) is 5.32 Å². The normalized spacial score (nSPS) is 15.8. The third-order valence-electron chi connectivity index (χ3n) is 4.07. The van der Waals surface area contributed by atoms with Crippen LogP contribution in [0.3, 0.4) is 0 Å². The number of nitrogens with one attached hydrogen (secondary N) is 1. The second-order valence-electron chi connectivity index (χ2n) is 6.15. The number of phenolic OH excluding ortho intramolecular Hbond substituents is 2. The Morgan fingerprint density at radius 1 is 0.926 bits per heavy atom. The number of benzene rings is 2. The number of aromatic hydroxyl groups is 2. The first-order valence-electron chi connectivity index (χ1n) is 8.60. The second kappa shape index (κ2) is 7.78. The molecule has 0 aromatic heterocycles. The van der Waals surface area contributed by atoms with Gasteiger partial charge in [-0.3, -0.25) is 4.79 Å². The number of anilines is 1. The molecule has 0 spiro atoms. The quantitative estimate of drug-likeness (QED) is 0.466. The summed E-state index contributed by atoms with van der Waals surface area (Å²) < 4.78 is 0. The molecule has 27 heavy (non-hydrogen) atoms. The summed E-state index contributed by atoms with van der Waals surface area (Å²) >= 11 is 0. The van der Waals surface area contributed by atoms with Gasteiger partial charge in [-0.25, -0.2) is 4.99 Å². The summed E-state index contributed by atoms with van der Waals surface area (Å²) in [6, 6.07) is 12.6. The SMILES string of the molecule is CCCC1=C(O)/C(=N\c2ccc(O)cc2)C=C(Nc2ccc(O)cc2)C1=O. The minimum Gasteiger partial charge on any atom is -0.508 e. The molecule has 6 nitrogen and oxygen atoms in total. The highest BCUT2D eigenvalue weighted by molar-refractivity contribution is 6.24. The third-order valence-corrected chi connectivity index (χ3v) is 4.07. The number of aliphatic hydroxyl groups is 1. The van der Waals surface area contributed by atoms with Gasteiger partial charge in [-0.1, -0.05) is 13.3 Å². The zero-order valence-corrected chi connectivity index (χ0v) is 14.8. The molecule has 0 amide bonds. The minimum absolute atomic E-state index is 0.120. The summed E-state index contributed by atoms with van der Waals surface area (Å²) in [6.45, 7) is 1.93. The third kappa shape index (κ3) is 4.17. The van der Waals surface area contributed by atoms with E-state index < -0.39 is 0 Å². The molecule has 1 aliphatic rings. The van der Waals surface area contributed by atoms with Gasteiger partial charge in [-0.15, -0.1) is 0 Å². The van der Waals surface area contributed by atoms with Crippen LogP contribution in [0.5, 0.6) is 11.5 Å². The summed E-state index contributed by atoms with van der Waals surface area (Å²) in [5, 5.41) is 32.4. The lowest BCUT2D eigenvalue weighted by molar-refractivity contribution is -0.112. The van der Waals surface area contributed by atoms with Crippen LogP contribution in [0.2, 0.25) is 0 Å². The number of aliphatic imine (C=N–C) groups is 1. The van der Waals surface area contributed by atoms with Crippen molar-refractivity contribution in [3.8, 4) is 11.5 Å². The lowest BCUT2D eigenvalue weighted by Crippen LogP contribution is -2.23. The Bertz CT molecular complexity index is 939. The van der Waals surface area contributed by atoms with Gasteiger partial charge in [0.05, 0.1) is 11.4 Å². The fourth-order valence-corrected chi connectivity index (χ4v) is 2.72. The van der Waals surface area contributed by atoms with Crippen LogP contribution in [0.25, 0.3) is 0 Å². The Kier molecular flexibility index (Phi) is 5.26. The van der Waals surface area contributed by atoms with Crippen LogP contribution in [-0.4, -0.2) is 26.8 Å². The van der Waals surface area contributed by atoms with Crippen molar-refractivity contribution in [1.29, 1.82) is 0 Å². The molecule has 138 valence electrons. The van der Waals surface area contributed by atoms with Crippen LogP contribution in [0.15, 0.2) is 76.6 Å². The smallest absolute Gasteiger partial charge is 0.209 e. The molecule has 3 rings (SSSR count). The van der Waals surface area contributed by atoms with E-state index in [1.165, 1.54) is 30.3 Å². The van der Waals surface area contributed by atoms with Crippen LogP contribution in [0.4, 0.5) is 11.4 Å². The van der Waals surface area contributed by atoms with E-state index in [0.717, 1.165) is 0 Å². The van der Waals surface area contributed by atoms with Gasteiger partial charge >= 0.3 is 0 Å². The fraction of sp³-hybridized carbons (Fsp3) is 0.143. The average molecular weight is 364 g/mol. The van der Waals surface area contributed by atoms with Crippen LogP contribution in [-0.2, 0) is 4.79 Å². The first-order chi connectivity index (χ1) is 13.0. The molecule has 0 bridgehead atoms. The second-order valence-corrected chi connectivity index (χ2v) is 6.15. The molecule has 0 aliphatic heterocycles. The zero-order valence-electron chi connectivity index (χ0n) is 14.8. The van der Waals surface area contributed by atoms with Gasteiger partial charge in [0.1, 0.15) is 23.0 Å². The lowest BCUT2D eigenvalue weighted by Gasteiger charge is -2.19. The molecular weight excluding hydrogens is 344 g/mol. The topological polar surface area (TPSA) is 102 Å². The van der Waals surface area contributed by atoms with Gasteiger partial charge in [0, 0.05) is 11.3 Å². The van der Waals surface area contributed by atoms with Crippen molar-refractivity contribution in [3.05, 3.63) is 71.6 Å². The Morgan fingerprint density at radius 2 is 1.52 bits per heavy atom. The van der Waals surface area contributed by atoms with E-state index in [2.05, 4.69) is 10.3 Å². The van der Waals surface area contributed by atoms with Crippen LogP contribution in [0.1, 0.15) is 19.8 Å². The van der Waals surface area contributed by atoms with Crippen molar-refractivity contribution in [3.63, 3.8) is 0 Å². The van der Waals surface area contributed by atoms with E-state index in [1.54, 1.807) is 24.3 Å². The van der Waals surface area contributed by atoms with Gasteiger partial charge in [0.2, 0.25) is 5.78 Å². The van der Waals surface area contributed by atoms with Crippen LogP contribution < -0.4 is 5.32 Å².